The van der Waals surface area contributed by atoms with Crippen LogP contribution in [0.1, 0.15) is 23.2 Å². The van der Waals surface area contributed by atoms with E-state index in [4.69, 9.17) is 10.3 Å². The van der Waals surface area contributed by atoms with Gasteiger partial charge in [-0.2, -0.15) is 8.42 Å². The fourth-order valence-electron chi connectivity index (χ4n) is 2.42. The quantitative estimate of drug-likeness (QED) is 0.574. The highest BCUT2D eigenvalue weighted by Gasteiger charge is 2.14. The summed E-state index contributed by atoms with van der Waals surface area (Å²) >= 11 is 1.61. The maximum absolute atomic E-state index is 11.1. The molecule has 0 radical (unpaired) electrons. The Morgan fingerprint density at radius 1 is 1.31 bits per heavy atom. The number of nitrogens with two attached hydrogens (primary N) is 1. The molecule has 0 saturated carbocycles. The Bertz CT molecular complexity index is 820. The van der Waals surface area contributed by atoms with E-state index in [2.05, 4.69) is 15.6 Å². The predicted molar refractivity (Wildman–Crippen MR) is 103 cm³/mol. The van der Waals surface area contributed by atoms with Gasteiger partial charge in [-0.05, 0) is 38.1 Å². The molecule has 0 bridgehead atoms. The maximum atomic E-state index is 11.1. The van der Waals surface area contributed by atoms with E-state index in [1.54, 1.807) is 23.5 Å². The SMILES string of the molecule is CS(=O)(=O)O.NC(=O)c1ccc(-c2csc(NC3CCNCC3)n2)cc1. The van der Waals surface area contributed by atoms with Crippen molar-refractivity contribution < 1.29 is 17.8 Å². The molecule has 1 aliphatic heterocycles. The molecule has 3 rings (SSSR count). The second-order valence-corrected chi connectivity index (χ2v) is 8.21. The van der Waals surface area contributed by atoms with E-state index in [1.807, 2.05) is 17.5 Å². The third-order valence-corrected chi connectivity index (χ3v) is 4.41. The Kier molecular flexibility index (Phi) is 7.09. The maximum Gasteiger partial charge on any atom is 0.261 e. The lowest BCUT2D eigenvalue weighted by Crippen LogP contribution is -2.35. The molecular weight excluding hydrogens is 376 g/mol. The van der Waals surface area contributed by atoms with E-state index in [0.29, 0.717) is 17.9 Å². The molecule has 0 atom stereocenters. The van der Waals surface area contributed by atoms with E-state index >= 15 is 0 Å². The van der Waals surface area contributed by atoms with Gasteiger partial charge in [-0.15, -0.1) is 11.3 Å². The minimum absolute atomic E-state index is 0.409. The second kappa shape index (κ2) is 9.08. The Hall–Kier alpha value is -2.01. The fraction of sp³-hybridized carbons (Fsp3) is 0.375. The molecule has 1 saturated heterocycles. The van der Waals surface area contributed by atoms with Gasteiger partial charge in [-0.1, -0.05) is 12.1 Å². The first-order valence-corrected chi connectivity index (χ1v) is 10.7. The molecule has 26 heavy (non-hydrogen) atoms. The van der Waals surface area contributed by atoms with E-state index in [9.17, 15) is 13.2 Å². The highest BCUT2D eigenvalue weighted by molar-refractivity contribution is 7.85. The van der Waals surface area contributed by atoms with Gasteiger partial charge in [-0.3, -0.25) is 9.35 Å². The first kappa shape index (κ1) is 20.3. The Morgan fingerprint density at radius 3 is 2.42 bits per heavy atom. The molecule has 2 aromatic rings. The van der Waals surface area contributed by atoms with Crippen molar-refractivity contribution in [3.05, 3.63) is 35.2 Å². The number of piperidine rings is 1. The predicted octanol–water partition coefficient (Wildman–Crippen LogP) is 1.58. The molecular formula is C16H22N4O4S2. The third-order valence-electron chi connectivity index (χ3n) is 3.64. The van der Waals surface area contributed by atoms with E-state index in [0.717, 1.165) is 42.3 Å². The van der Waals surface area contributed by atoms with Crippen molar-refractivity contribution in [2.75, 3.05) is 24.7 Å². The van der Waals surface area contributed by atoms with Crippen LogP contribution >= 0.6 is 11.3 Å². The first-order chi connectivity index (χ1) is 12.2. The van der Waals surface area contributed by atoms with Crippen LogP contribution < -0.4 is 16.4 Å². The van der Waals surface area contributed by atoms with Crippen LogP contribution in [-0.4, -0.2) is 49.2 Å². The van der Waals surface area contributed by atoms with Crippen molar-refractivity contribution in [1.82, 2.24) is 10.3 Å². The molecule has 1 fully saturated rings. The molecule has 5 N–H and O–H groups in total. The van der Waals surface area contributed by atoms with Crippen molar-refractivity contribution in [3.8, 4) is 11.3 Å². The zero-order valence-electron chi connectivity index (χ0n) is 14.3. The number of carbonyl (C=O) groups excluding carboxylic acids is 1. The van der Waals surface area contributed by atoms with Gasteiger partial charge >= 0.3 is 0 Å². The van der Waals surface area contributed by atoms with Crippen molar-refractivity contribution in [2.45, 2.75) is 18.9 Å². The second-order valence-electron chi connectivity index (χ2n) is 5.88. The molecule has 8 nitrogen and oxygen atoms in total. The number of hydrogen-bond donors (Lipinski definition) is 4. The number of amides is 1. The van der Waals surface area contributed by atoms with E-state index in [-0.39, 0.29) is 0 Å². The minimum atomic E-state index is -3.67. The Balaban J connectivity index is 0.000000431. The summed E-state index contributed by atoms with van der Waals surface area (Å²) in [5, 5.41) is 9.83. The van der Waals surface area contributed by atoms with Crippen molar-refractivity contribution in [2.24, 2.45) is 5.73 Å². The molecule has 2 heterocycles. The minimum Gasteiger partial charge on any atom is -0.366 e. The van der Waals surface area contributed by atoms with E-state index in [1.165, 1.54) is 0 Å². The average Bonchev–Trinajstić information content (AvgIpc) is 3.03. The zero-order chi connectivity index (χ0) is 19.2. The summed E-state index contributed by atoms with van der Waals surface area (Å²) in [7, 11) is -3.67. The third kappa shape index (κ3) is 7.08. The highest BCUT2D eigenvalue weighted by atomic mass is 32.2. The standard InChI is InChI=1S/C15H18N4OS.CH4O3S/c16-14(20)11-3-1-10(2-4-11)13-9-21-15(19-13)18-12-5-7-17-8-6-12;1-5(2,3)4/h1-4,9,12,17H,5-8H2,(H2,16,20)(H,18,19);1H3,(H,2,3,4). The number of aromatic nitrogens is 1. The number of nitrogens with zero attached hydrogens (tertiary/aromatic N) is 1. The fourth-order valence-corrected chi connectivity index (χ4v) is 3.22. The summed E-state index contributed by atoms with van der Waals surface area (Å²) < 4.78 is 25.9. The number of anilines is 1. The van der Waals surface area contributed by atoms with Gasteiger partial charge in [0.25, 0.3) is 10.1 Å². The summed E-state index contributed by atoms with van der Waals surface area (Å²) in [4.78, 5) is 15.7. The van der Waals surface area contributed by atoms with Crippen LogP contribution in [0.5, 0.6) is 0 Å². The normalized spacial score (nSPS) is 15.0. The van der Waals surface area contributed by atoms with Gasteiger partial charge in [0.05, 0.1) is 11.9 Å². The van der Waals surface area contributed by atoms with Crippen LogP contribution in [0.2, 0.25) is 0 Å². The molecule has 1 aromatic carbocycles. The lowest BCUT2D eigenvalue weighted by Gasteiger charge is -2.23. The van der Waals surface area contributed by atoms with Crippen LogP contribution in [0.15, 0.2) is 29.6 Å². The Morgan fingerprint density at radius 2 is 1.88 bits per heavy atom. The number of primary amides is 1. The molecule has 1 aliphatic rings. The topological polar surface area (TPSA) is 134 Å². The molecule has 10 heteroatoms. The van der Waals surface area contributed by atoms with Gasteiger partial charge in [0.1, 0.15) is 0 Å². The van der Waals surface area contributed by atoms with Crippen LogP contribution in [0.4, 0.5) is 5.13 Å². The lowest BCUT2D eigenvalue weighted by molar-refractivity contribution is 0.100. The van der Waals surface area contributed by atoms with Gasteiger partial charge in [0.2, 0.25) is 5.91 Å². The molecule has 0 aliphatic carbocycles. The molecule has 142 valence electrons. The van der Waals surface area contributed by atoms with Gasteiger partial charge in [0.15, 0.2) is 5.13 Å². The summed E-state index contributed by atoms with van der Waals surface area (Å²) in [6, 6.07) is 7.73. The first-order valence-electron chi connectivity index (χ1n) is 7.98. The van der Waals surface area contributed by atoms with Crippen LogP contribution in [0.25, 0.3) is 11.3 Å². The van der Waals surface area contributed by atoms with Gasteiger partial charge in [-0.25, -0.2) is 4.98 Å². The largest absolute Gasteiger partial charge is 0.366 e. The van der Waals surface area contributed by atoms with Gasteiger partial charge < -0.3 is 16.4 Å². The smallest absolute Gasteiger partial charge is 0.261 e. The number of nitrogens with one attached hydrogen (secondary N) is 2. The zero-order valence-corrected chi connectivity index (χ0v) is 15.9. The molecule has 1 aromatic heterocycles. The summed E-state index contributed by atoms with van der Waals surface area (Å²) in [6.07, 6.45) is 2.97. The summed E-state index contributed by atoms with van der Waals surface area (Å²) in [6.45, 7) is 2.12. The average molecular weight is 399 g/mol. The van der Waals surface area contributed by atoms with Crippen LogP contribution in [-0.2, 0) is 10.1 Å². The van der Waals surface area contributed by atoms with Crippen LogP contribution in [0, 0.1) is 0 Å². The number of rotatable bonds is 4. The number of benzene rings is 1. The molecule has 0 spiro atoms. The summed E-state index contributed by atoms with van der Waals surface area (Å²) in [5.41, 5.74) is 7.68. The summed E-state index contributed by atoms with van der Waals surface area (Å²) in [5.74, 6) is -0.409. The lowest BCUT2D eigenvalue weighted by atomic mass is 10.1. The Labute approximate surface area is 156 Å². The van der Waals surface area contributed by atoms with Crippen molar-refractivity contribution >= 4 is 32.5 Å². The van der Waals surface area contributed by atoms with Crippen molar-refractivity contribution in [1.29, 1.82) is 0 Å². The van der Waals surface area contributed by atoms with Crippen LogP contribution in [0.3, 0.4) is 0 Å². The number of carbonyl (C=O) groups is 1. The van der Waals surface area contributed by atoms with Crippen molar-refractivity contribution in [3.63, 3.8) is 0 Å². The van der Waals surface area contributed by atoms with Gasteiger partial charge in [0, 0.05) is 22.5 Å². The van der Waals surface area contributed by atoms with E-state index < -0.39 is 16.0 Å². The number of thiazole rings is 1. The monoisotopic (exact) mass is 398 g/mol. The molecule has 0 unspecified atom stereocenters. The molecule has 1 amide bonds. The highest BCUT2D eigenvalue weighted by Crippen LogP contribution is 2.26. The number of hydrogen-bond acceptors (Lipinski definition) is 7.